The Balaban J connectivity index is 2.59. The predicted octanol–water partition coefficient (Wildman–Crippen LogP) is 2.41. The molecule has 0 radical (unpaired) electrons. The molecule has 1 aliphatic carbocycles. The lowest BCUT2D eigenvalue weighted by molar-refractivity contribution is -0.125. The van der Waals surface area contributed by atoms with Crippen LogP contribution in [-0.4, -0.2) is 5.78 Å². The summed E-state index contributed by atoms with van der Waals surface area (Å²) in [7, 11) is 0. The highest BCUT2D eigenvalue weighted by atomic mass is 16.1. The molecule has 2 atom stereocenters. The molecule has 0 bridgehead atoms. The zero-order chi connectivity index (χ0) is 9.19. The van der Waals surface area contributed by atoms with Crippen LogP contribution < -0.4 is 0 Å². The van der Waals surface area contributed by atoms with Gasteiger partial charge in [0.15, 0.2) is 0 Å². The minimum absolute atomic E-state index is 0.105. The third-order valence-electron chi connectivity index (χ3n) is 2.83. The van der Waals surface area contributed by atoms with E-state index in [2.05, 4.69) is 19.8 Å². The lowest BCUT2D eigenvalue weighted by Crippen LogP contribution is -2.20. The van der Waals surface area contributed by atoms with Gasteiger partial charge in [0.2, 0.25) is 0 Å². The number of hydrogen-bond acceptors (Lipinski definition) is 1. The Kier molecular flexibility index (Phi) is 2.57. The summed E-state index contributed by atoms with van der Waals surface area (Å²) < 4.78 is 0. The van der Waals surface area contributed by atoms with E-state index in [0.717, 1.165) is 25.7 Å². The van der Waals surface area contributed by atoms with Gasteiger partial charge in [-0.1, -0.05) is 13.8 Å². The van der Waals surface area contributed by atoms with Gasteiger partial charge in [0.1, 0.15) is 5.78 Å². The van der Waals surface area contributed by atoms with Crippen LogP contribution in [0.4, 0.5) is 0 Å². The molecule has 0 amide bonds. The van der Waals surface area contributed by atoms with Gasteiger partial charge in [0, 0.05) is 18.3 Å². The van der Waals surface area contributed by atoms with E-state index in [0.29, 0.717) is 11.7 Å². The van der Waals surface area contributed by atoms with Crippen molar-refractivity contribution >= 4 is 5.78 Å². The third-order valence-corrected chi connectivity index (χ3v) is 2.83. The topological polar surface area (TPSA) is 17.1 Å². The highest BCUT2D eigenvalue weighted by Crippen LogP contribution is 2.41. The quantitative estimate of drug-likeness (QED) is 0.573. The van der Waals surface area contributed by atoms with Crippen molar-refractivity contribution in [3.8, 4) is 12.3 Å². The fraction of sp³-hybridized carbons (Fsp3) is 0.727. The molecule has 66 valence electrons. The summed E-state index contributed by atoms with van der Waals surface area (Å²) in [5.74, 6) is 3.57. The molecule has 1 aliphatic rings. The molecule has 0 aromatic carbocycles. The Hall–Kier alpha value is -0.770. The van der Waals surface area contributed by atoms with Crippen molar-refractivity contribution in [1.29, 1.82) is 0 Å². The first kappa shape index (κ1) is 9.32. The van der Waals surface area contributed by atoms with Crippen LogP contribution >= 0.6 is 0 Å². The third kappa shape index (κ3) is 1.69. The van der Waals surface area contributed by atoms with Gasteiger partial charge in [-0.05, 0) is 18.8 Å². The van der Waals surface area contributed by atoms with Crippen molar-refractivity contribution in [3.05, 3.63) is 0 Å². The monoisotopic (exact) mass is 164 g/mol. The minimum atomic E-state index is -0.105. The fourth-order valence-electron chi connectivity index (χ4n) is 2.11. The number of rotatable bonds is 2. The summed E-state index contributed by atoms with van der Waals surface area (Å²) in [5.41, 5.74) is -0.105. The van der Waals surface area contributed by atoms with Crippen molar-refractivity contribution in [2.24, 2.45) is 11.3 Å². The summed E-state index contributed by atoms with van der Waals surface area (Å²) in [4.78, 5) is 11.5. The first-order valence-corrected chi connectivity index (χ1v) is 4.55. The van der Waals surface area contributed by atoms with E-state index < -0.39 is 0 Å². The van der Waals surface area contributed by atoms with Crippen LogP contribution in [0.5, 0.6) is 0 Å². The van der Waals surface area contributed by atoms with Gasteiger partial charge in [-0.25, -0.2) is 0 Å². The number of Topliss-reactive ketones (excluding diaryl/α,β-unsaturated/α-hetero) is 1. The molecule has 1 fully saturated rings. The maximum Gasteiger partial charge on any atom is 0.139 e. The van der Waals surface area contributed by atoms with Crippen molar-refractivity contribution in [2.45, 2.75) is 39.5 Å². The number of carbonyl (C=O) groups excluding carboxylic acids is 1. The van der Waals surface area contributed by atoms with E-state index in [1.807, 2.05) is 0 Å². The summed E-state index contributed by atoms with van der Waals surface area (Å²) >= 11 is 0. The molecule has 1 saturated carbocycles. The number of terminal acetylenes is 1. The number of ketones is 1. The van der Waals surface area contributed by atoms with E-state index in [1.165, 1.54) is 0 Å². The Morgan fingerprint density at radius 3 is 2.83 bits per heavy atom. The van der Waals surface area contributed by atoms with Crippen molar-refractivity contribution in [2.75, 3.05) is 0 Å². The van der Waals surface area contributed by atoms with Crippen LogP contribution in [-0.2, 0) is 4.79 Å². The highest BCUT2D eigenvalue weighted by molar-refractivity contribution is 5.86. The molecule has 0 aliphatic heterocycles. The Morgan fingerprint density at radius 2 is 2.42 bits per heavy atom. The normalized spacial score (nSPS) is 35.1. The molecular weight excluding hydrogens is 148 g/mol. The van der Waals surface area contributed by atoms with Gasteiger partial charge in [0.05, 0.1) is 0 Å². The van der Waals surface area contributed by atoms with E-state index in [9.17, 15) is 4.79 Å². The second kappa shape index (κ2) is 3.31. The number of carbonyl (C=O) groups is 1. The van der Waals surface area contributed by atoms with Gasteiger partial charge >= 0.3 is 0 Å². The summed E-state index contributed by atoms with van der Waals surface area (Å²) in [5, 5.41) is 0. The van der Waals surface area contributed by atoms with Crippen LogP contribution in [0.25, 0.3) is 0 Å². The Labute approximate surface area is 74.5 Å². The standard InChI is InChI=1S/C11H16O/c1-4-5-6-11(3)8-9(2)7-10(11)12/h1,9H,5-8H2,2-3H3. The molecule has 0 spiro atoms. The largest absolute Gasteiger partial charge is 0.299 e. The molecule has 1 nitrogen and oxygen atoms in total. The van der Waals surface area contributed by atoms with Crippen LogP contribution in [0.15, 0.2) is 0 Å². The van der Waals surface area contributed by atoms with Crippen LogP contribution in [0.1, 0.15) is 39.5 Å². The van der Waals surface area contributed by atoms with E-state index in [1.54, 1.807) is 0 Å². The van der Waals surface area contributed by atoms with Crippen LogP contribution in [0, 0.1) is 23.7 Å². The van der Waals surface area contributed by atoms with Crippen LogP contribution in [0.2, 0.25) is 0 Å². The lowest BCUT2D eigenvalue weighted by Gasteiger charge is -2.20. The first-order valence-electron chi connectivity index (χ1n) is 4.55. The fourth-order valence-corrected chi connectivity index (χ4v) is 2.11. The molecule has 12 heavy (non-hydrogen) atoms. The lowest BCUT2D eigenvalue weighted by atomic mass is 9.82. The maximum atomic E-state index is 11.5. The van der Waals surface area contributed by atoms with E-state index in [-0.39, 0.29) is 5.41 Å². The molecule has 2 unspecified atom stereocenters. The zero-order valence-corrected chi connectivity index (χ0v) is 7.89. The smallest absolute Gasteiger partial charge is 0.139 e. The average molecular weight is 164 g/mol. The minimum Gasteiger partial charge on any atom is -0.299 e. The SMILES string of the molecule is C#CCCC1(C)CC(C)CC1=O. The van der Waals surface area contributed by atoms with Crippen LogP contribution in [0.3, 0.4) is 0 Å². The molecule has 1 rings (SSSR count). The average Bonchev–Trinajstić information content (AvgIpc) is 2.23. The first-order chi connectivity index (χ1) is 5.58. The second-order valence-electron chi connectivity index (χ2n) is 4.20. The van der Waals surface area contributed by atoms with Gasteiger partial charge < -0.3 is 0 Å². The van der Waals surface area contributed by atoms with Gasteiger partial charge in [-0.2, -0.15) is 0 Å². The van der Waals surface area contributed by atoms with Crippen molar-refractivity contribution in [1.82, 2.24) is 0 Å². The van der Waals surface area contributed by atoms with Gasteiger partial charge in [0.25, 0.3) is 0 Å². The van der Waals surface area contributed by atoms with E-state index >= 15 is 0 Å². The Morgan fingerprint density at radius 1 is 1.75 bits per heavy atom. The molecule has 1 heteroatoms. The van der Waals surface area contributed by atoms with Gasteiger partial charge in [-0.3, -0.25) is 4.79 Å². The highest BCUT2D eigenvalue weighted by Gasteiger charge is 2.40. The maximum absolute atomic E-state index is 11.5. The molecule has 0 heterocycles. The van der Waals surface area contributed by atoms with Gasteiger partial charge in [-0.15, -0.1) is 12.3 Å². The summed E-state index contributed by atoms with van der Waals surface area (Å²) in [6.45, 7) is 4.19. The van der Waals surface area contributed by atoms with Crippen molar-refractivity contribution in [3.63, 3.8) is 0 Å². The number of hydrogen-bond donors (Lipinski definition) is 0. The molecule has 0 N–H and O–H groups in total. The molecule has 0 saturated heterocycles. The molecule has 0 aromatic rings. The predicted molar refractivity (Wildman–Crippen MR) is 49.6 cm³/mol. The van der Waals surface area contributed by atoms with Crippen molar-refractivity contribution < 1.29 is 4.79 Å². The second-order valence-corrected chi connectivity index (χ2v) is 4.20. The Bertz CT molecular complexity index is 224. The summed E-state index contributed by atoms with van der Waals surface area (Å²) in [6, 6.07) is 0. The molecular formula is C11H16O. The summed E-state index contributed by atoms with van der Waals surface area (Å²) in [6.07, 6.45) is 8.56. The van der Waals surface area contributed by atoms with E-state index in [4.69, 9.17) is 6.42 Å². The molecule has 0 aromatic heterocycles. The zero-order valence-electron chi connectivity index (χ0n) is 7.89.